The minimum Gasteiger partial charge on any atom is -0.300 e. The van der Waals surface area contributed by atoms with Gasteiger partial charge in [0.2, 0.25) is 0 Å². The number of amides is 1. The summed E-state index contributed by atoms with van der Waals surface area (Å²) in [5.74, 6) is -0.410. The second kappa shape index (κ2) is 6.48. The first-order valence-electron chi connectivity index (χ1n) is 6.79. The zero-order valence-corrected chi connectivity index (χ0v) is 12.9. The van der Waals surface area contributed by atoms with Crippen LogP contribution in [0.4, 0.5) is 18.9 Å². The van der Waals surface area contributed by atoms with Crippen LogP contribution in [0.1, 0.15) is 11.1 Å². The highest BCUT2D eigenvalue weighted by molar-refractivity contribution is 8.18. The van der Waals surface area contributed by atoms with Crippen LogP contribution >= 0.6 is 11.8 Å². The number of nitrogens with zero attached hydrogens (tertiary/aromatic N) is 2. The molecular formula is C16H10F3N3OS. The molecule has 0 unspecified atom stereocenters. The van der Waals surface area contributed by atoms with Crippen molar-refractivity contribution in [1.82, 2.24) is 10.3 Å². The highest BCUT2D eigenvalue weighted by Gasteiger charge is 2.34. The lowest BCUT2D eigenvalue weighted by Crippen LogP contribution is -2.19. The first-order chi connectivity index (χ1) is 11.4. The molecule has 1 fully saturated rings. The molecule has 4 nitrogen and oxygen atoms in total. The first kappa shape index (κ1) is 16.3. The average Bonchev–Trinajstić information content (AvgIpc) is 2.87. The fraction of sp³-hybridized carbons (Fsp3) is 0.0625. The number of aromatic nitrogens is 1. The zero-order valence-electron chi connectivity index (χ0n) is 12.0. The molecule has 2 heterocycles. The van der Waals surface area contributed by atoms with Crippen molar-refractivity contribution in [3.8, 4) is 0 Å². The third kappa shape index (κ3) is 3.65. The van der Waals surface area contributed by atoms with Crippen molar-refractivity contribution in [3.63, 3.8) is 0 Å². The van der Waals surface area contributed by atoms with Crippen molar-refractivity contribution < 1.29 is 18.0 Å². The van der Waals surface area contributed by atoms with Crippen LogP contribution in [0.15, 0.2) is 58.7 Å². The van der Waals surface area contributed by atoms with Crippen LogP contribution in [0, 0.1) is 0 Å². The molecule has 1 amide bonds. The number of amidine groups is 1. The first-order valence-corrected chi connectivity index (χ1v) is 7.61. The van der Waals surface area contributed by atoms with Gasteiger partial charge in [0.25, 0.3) is 5.91 Å². The Balaban J connectivity index is 1.89. The van der Waals surface area contributed by atoms with Crippen LogP contribution < -0.4 is 5.32 Å². The summed E-state index contributed by atoms with van der Waals surface area (Å²) in [7, 11) is 0. The Kier molecular flexibility index (Phi) is 4.39. The van der Waals surface area contributed by atoms with Crippen LogP contribution in [-0.2, 0) is 11.0 Å². The maximum atomic E-state index is 13.0. The molecule has 0 saturated carbocycles. The summed E-state index contributed by atoms with van der Waals surface area (Å²) in [5, 5.41) is 2.57. The smallest absolute Gasteiger partial charge is 0.300 e. The van der Waals surface area contributed by atoms with Crippen molar-refractivity contribution in [2.45, 2.75) is 6.18 Å². The third-order valence-electron chi connectivity index (χ3n) is 3.06. The summed E-state index contributed by atoms with van der Waals surface area (Å²) < 4.78 is 38.9. The average molecular weight is 349 g/mol. The molecule has 0 radical (unpaired) electrons. The number of thioether (sulfide) groups is 1. The molecule has 3 rings (SSSR count). The lowest BCUT2D eigenvalue weighted by Gasteiger charge is -2.09. The summed E-state index contributed by atoms with van der Waals surface area (Å²) in [4.78, 5) is 20.2. The number of aliphatic imine (C=N–C) groups is 1. The van der Waals surface area contributed by atoms with E-state index in [-0.39, 0.29) is 10.9 Å². The van der Waals surface area contributed by atoms with E-state index in [1.165, 1.54) is 18.2 Å². The Bertz CT molecular complexity index is 832. The van der Waals surface area contributed by atoms with E-state index in [1.54, 1.807) is 30.6 Å². The number of carbonyl (C=O) groups is 1. The highest BCUT2D eigenvalue weighted by Crippen LogP contribution is 2.37. The molecule has 1 aromatic heterocycles. The molecule has 0 bridgehead atoms. The molecule has 1 saturated heterocycles. The number of rotatable bonds is 2. The molecule has 8 heteroatoms. The predicted octanol–water partition coefficient (Wildman–Crippen LogP) is 3.99. The Morgan fingerprint density at radius 3 is 2.67 bits per heavy atom. The monoisotopic (exact) mass is 349 g/mol. The van der Waals surface area contributed by atoms with E-state index in [0.29, 0.717) is 10.5 Å². The number of hydrogen-bond acceptors (Lipinski definition) is 4. The number of halogens is 3. The second-order valence-corrected chi connectivity index (χ2v) is 5.81. The highest BCUT2D eigenvalue weighted by atomic mass is 32.2. The molecule has 24 heavy (non-hydrogen) atoms. The van der Waals surface area contributed by atoms with Crippen LogP contribution in [0.2, 0.25) is 0 Å². The third-order valence-corrected chi connectivity index (χ3v) is 3.97. The molecule has 1 N–H and O–H groups in total. The largest absolute Gasteiger partial charge is 0.418 e. The van der Waals surface area contributed by atoms with Crippen molar-refractivity contribution in [3.05, 3.63) is 64.8 Å². The molecule has 1 aromatic carbocycles. The predicted molar refractivity (Wildman–Crippen MR) is 86.5 cm³/mol. The topological polar surface area (TPSA) is 54.4 Å². The van der Waals surface area contributed by atoms with Crippen LogP contribution in [0.3, 0.4) is 0 Å². The van der Waals surface area contributed by atoms with Gasteiger partial charge in [-0.2, -0.15) is 13.2 Å². The van der Waals surface area contributed by atoms with Gasteiger partial charge in [0.05, 0.1) is 16.2 Å². The van der Waals surface area contributed by atoms with E-state index in [2.05, 4.69) is 15.3 Å². The molecule has 122 valence electrons. The van der Waals surface area contributed by atoms with Gasteiger partial charge < -0.3 is 5.32 Å². The second-order valence-electron chi connectivity index (χ2n) is 4.78. The quantitative estimate of drug-likeness (QED) is 0.834. The van der Waals surface area contributed by atoms with Crippen LogP contribution in [0.5, 0.6) is 0 Å². The maximum absolute atomic E-state index is 13.0. The fourth-order valence-electron chi connectivity index (χ4n) is 2.01. The summed E-state index contributed by atoms with van der Waals surface area (Å²) in [6.45, 7) is 0. The van der Waals surface area contributed by atoms with Crippen LogP contribution in [-0.4, -0.2) is 16.1 Å². The van der Waals surface area contributed by atoms with E-state index >= 15 is 0 Å². The van der Waals surface area contributed by atoms with Gasteiger partial charge in [0.1, 0.15) is 0 Å². The SMILES string of the molecule is O=C1NC(=Nc2ccccc2C(F)(F)F)S/C1=C/c1cccnc1. The fourth-order valence-corrected chi connectivity index (χ4v) is 2.85. The Morgan fingerprint density at radius 2 is 1.96 bits per heavy atom. The van der Waals surface area contributed by atoms with Crippen molar-refractivity contribution >= 4 is 34.6 Å². The maximum Gasteiger partial charge on any atom is 0.418 e. The number of hydrogen-bond donors (Lipinski definition) is 1. The molecular weight excluding hydrogens is 339 g/mol. The van der Waals surface area contributed by atoms with Gasteiger partial charge >= 0.3 is 6.18 Å². The molecule has 1 aliphatic heterocycles. The van der Waals surface area contributed by atoms with Gasteiger partial charge in [0.15, 0.2) is 5.17 Å². The van der Waals surface area contributed by atoms with Gasteiger partial charge in [-0.15, -0.1) is 0 Å². The van der Waals surface area contributed by atoms with Crippen molar-refractivity contribution in [1.29, 1.82) is 0 Å². The minimum atomic E-state index is -4.51. The molecule has 1 aliphatic rings. The van der Waals surface area contributed by atoms with Crippen LogP contribution in [0.25, 0.3) is 6.08 Å². The lowest BCUT2D eigenvalue weighted by molar-refractivity contribution is -0.137. The number of pyridine rings is 1. The molecule has 0 spiro atoms. The summed E-state index contributed by atoms with van der Waals surface area (Å²) in [5.41, 5.74) is -0.375. The van der Waals surface area contributed by atoms with Crippen molar-refractivity contribution in [2.75, 3.05) is 0 Å². The Hall–Kier alpha value is -2.61. The number of benzene rings is 1. The van der Waals surface area contributed by atoms with Crippen molar-refractivity contribution in [2.24, 2.45) is 4.99 Å². The zero-order chi connectivity index (χ0) is 17.2. The molecule has 0 atom stereocenters. The normalized spacial score (nSPS) is 18.2. The molecule has 2 aromatic rings. The van der Waals surface area contributed by atoms with Gasteiger partial charge in [0, 0.05) is 12.4 Å². The van der Waals surface area contributed by atoms with E-state index in [1.807, 2.05) is 0 Å². The van der Waals surface area contributed by atoms with Gasteiger partial charge in [-0.05, 0) is 41.6 Å². The van der Waals surface area contributed by atoms with Gasteiger partial charge in [-0.1, -0.05) is 18.2 Å². The number of para-hydroxylation sites is 1. The summed E-state index contributed by atoms with van der Waals surface area (Å²) >= 11 is 0.983. The number of nitrogens with one attached hydrogen (secondary N) is 1. The number of alkyl halides is 3. The van der Waals surface area contributed by atoms with E-state index < -0.39 is 17.6 Å². The summed E-state index contributed by atoms with van der Waals surface area (Å²) in [6.07, 6.45) is 0.271. The standard InChI is InChI=1S/C16H10F3N3OS/c17-16(18,19)11-5-1-2-6-12(11)21-15-22-14(23)13(24-15)8-10-4-3-7-20-9-10/h1-9H,(H,21,22,23)/b13-8+. The van der Waals surface area contributed by atoms with Gasteiger partial charge in [-0.3, -0.25) is 9.78 Å². The van der Waals surface area contributed by atoms with E-state index in [0.717, 1.165) is 17.8 Å². The van der Waals surface area contributed by atoms with Gasteiger partial charge in [-0.25, -0.2) is 4.99 Å². The number of carbonyl (C=O) groups excluding carboxylic acids is 1. The van der Waals surface area contributed by atoms with E-state index in [4.69, 9.17) is 0 Å². The molecule has 0 aliphatic carbocycles. The lowest BCUT2D eigenvalue weighted by atomic mass is 10.2. The Morgan fingerprint density at radius 1 is 1.17 bits per heavy atom. The minimum absolute atomic E-state index is 0.104. The Labute approximate surface area is 139 Å². The van der Waals surface area contributed by atoms with E-state index in [9.17, 15) is 18.0 Å². The summed E-state index contributed by atoms with van der Waals surface area (Å²) in [6, 6.07) is 8.45.